The fraction of sp³-hybridized carbons (Fsp3) is 1.00. The molecule has 0 aromatic heterocycles. The largest absolute Gasteiger partial charge is 0.389 e. The van der Waals surface area contributed by atoms with E-state index in [1.807, 2.05) is 6.92 Å². The van der Waals surface area contributed by atoms with E-state index in [0.717, 1.165) is 5.92 Å². The monoisotopic (exact) mass is 243 g/mol. The zero-order valence-corrected chi connectivity index (χ0v) is 11.6. The maximum Gasteiger partial charge on any atom is 0.0766 e. The summed E-state index contributed by atoms with van der Waals surface area (Å²) in [6, 6.07) is 0. The highest BCUT2D eigenvalue weighted by Crippen LogP contribution is 2.29. The van der Waals surface area contributed by atoms with E-state index in [1.165, 1.54) is 32.1 Å². The van der Waals surface area contributed by atoms with Gasteiger partial charge in [-0.15, -0.1) is 0 Å². The molecule has 1 fully saturated rings. The summed E-state index contributed by atoms with van der Waals surface area (Å²) in [6.07, 6.45) is 7.35. The second-order valence-electron chi connectivity index (χ2n) is 5.91. The van der Waals surface area contributed by atoms with Gasteiger partial charge in [0.1, 0.15) is 0 Å². The van der Waals surface area contributed by atoms with Gasteiger partial charge in [0.15, 0.2) is 0 Å². The molecule has 0 radical (unpaired) electrons. The molecular formula is C14H29NO2. The maximum absolute atomic E-state index is 9.92. The van der Waals surface area contributed by atoms with Crippen molar-refractivity contribution >= 4 is 0 Å². The van der Waals surface area contributed by atoms with Gasteiger partial charge in [-0.3, -0.25) is 0 Å². The molecule has 0 aliphatic heterocycles. The van der Waals surface area contributed by atoms with Crippen LogP contribution in [0.5, 0.6) is 0 Å². The van der Waals surface area contributed by atoms with Gasteiger partial charge in [-0.1, -0.05) is 26.2 Å². The predicted octanol–water partition coefficient (Wildman–Crippen LogP) is 2.46. The van der Waals surface area contributed by atoms with Gasteiger partial charge in [0.2, 0.25) is 0 Å². The molecule has 1 aliphatic carbocycles. The molecule has 0 spiro atoms. The molecule has 0 saturated heterocycles. The van der Waals surface area contributed by atoms with Crippen LogP contribution in [0.3, 0.4) is 0 Å². The topological polar surface area (TPSA) is 55.5 Å². The van der Waals surface area contributed by atoms with Gasteiger partial charge in [-0.05, 0) is 32.6 Å². The van der Waals surface area contributed by atoms with Crippen LogP contribution in [-0.2, 0) is 4.74 Å². The Morgan fingerprint density at radius 2 is 2.18 bits per heavy atom. The normalized spacial score (nSPS) is 30.9. The Kier molecular flexibility index (Phi) is 5.90. The number of nitrogens with two attached hydrogens (primary N) is 1. The molecule has 17 heavy (non-hydrogen) atoms. The van der Waals surface area contributed by atoms with Crippen molar-refractivity contribution in [1.82, 2.24) is 0 Å². The number of hydrogen-bond donors (Lipinski definition) is 2. The Bertz CT molecular complexity index is 218. The molecule has 3 heteroatoms. The second-order valence-corrected chi connectivity index (χ2v) is 5.91. The molecule has 0 bridgehead atoms. The Hall–Kier alpha value is -0.120. The van der Waals surface area contributed by atoms with E-state index in [9.17, 15) is 5.11 Å². The second kappa shape index (κ2) is 6.72. The third-order valence-electron chi connectivity index (χ3n) is 3.90. The van der Waals surface area contributed by atoms with Crippen molar-refractivity contribution in [2.24, 2.45) is 11.7 Å². The van der Waals surface area contributed by atoms with Crippen LogP contribution in [-0.4, -0.2) is 29.5 Å². The highest BCUT2D eigenvalue weighted by Gasteiger charge is 2.26. The van der Waals surface area contributed by atoms with Crippen molar-refractivity contribution < 1.29 is 9.84 Å². The summed E-state index contributed by atoms with van der Waals surface area (Å²) in [4.78, 5) is 0. The van der Waals surface area contributed by atoms with Crippen molar-refractivity contribution in [3.05, 3.63) is 0 Å². The average molecular weight is 243 g/mol. The molecule has 3 nitrogen and oxygen atoms in total. The minimum Gasteiger partial charge on any atom is -0.389 e. The SMILES string of the molecule is CCC1CCCC(OC(C)CC(C)(O)CN)C1. The summed E-state index contributed by atoms with van der Waals surface area (Å²) in [7, 11) is 0. The molecule has 1 rings (SSSR count). The fourth-order valence-electron chi connectivity index (χ4n) is 2.82. The van der Waals surface area contributed by atoms with Crippen molar-refractivity contribution in [3.63, 3.8) is 0 Å². The van der Waals surface area contributed by atoms with Gasteiger partial charge < -0.3 is 15.6 Å². The van der Waals surface area contributed by atoms with Crippen LogP contribution in [0, 0.1) is 5.92 Å². The van der Waals surface area contributed by atoms with E-state index >= 15 is 0 Å². The Balaban J connectivity index is 2.32. The van der Waals surface area contributed by atoms with Gasteiger partial charge in [0, 0.05) is 13.0 Å². The van der Waals surface area contributed by atoms with Crippen LogP contribution in [0.4, 0.5) is 0 Å². The molecule has 0 aromatic carbocycles. The summed E-state index contributed by atoms with van der Waals surface area (Å²) in [5, 5.41) is 9.92. The first-order valence-corrected chi connectivity index (χ1v) is 7.04. The number of aliphatic hydroxyl groups is 1. The van der Waals surface area contributed by atoms with Gasteiger partial charge in [0.05, 0.1) is 17.8 Å². The van der Waals surface area contributed by atoms with E-state index in [4.69, 9.17) is 10.5 Å². The van der Waals surface area contributed by atoms with Gasteiger partial charge in [-0.25, -0.2) is 0 Å². The molecule has 4 unspecified atom stereocenters. The molecule has 0 aromatic rings. The standard InChI is InChI=1S/C14H29NO2/c1-4-12-6-5-7-13(8-12)17-11(2)9-14(3,16)10-15/h11-13,16H,4-10,15H2,1-3H3. The quantitative estimate of drug-likeness (QED) is 0.753. The lowest BCUT2D eigenvalue weighted by Gasteiger charge is -2.33. The van der Waals surface area contributed by atoms with E-state index in [-0.39, 0.29) is 6.10 Å². The third kappa shape index (κ3) is 5.36. The smallest absolute Gasteiger partial charge is 0.0766 e. The molecule has 0 amide bonds. The van der Waals surface area contributed by atoms with Crippen molar-refractivity contribution in [3.8, 4) is 0 Å². The molecular weight excluding hydrogens is 214 g/mol. The van der Waals surface area contributed by atoms with Gasteiger partial charge >= 0.3 is 0 Å². The molecule has 4 atom stereocenters. The van der Waals surface area contributed by atoms with Crippen molar-refractivity contribution in [2.75, 3.05) is 6.54 Å². The average Bonchev–Trinajstić information content (AvgIpc) is 2.28. The van der Waals surface area contributed by atoms with Gasteiger partial charge in [0.25, 0.3) is 0 Å². The lowest BCUT2D eigenvalue weighted by Crippen LogP contribution is -2.39. The summed E-state index contributed by atoms with van der Waals surface area (Å²) < 4.78 is 6.05. The highest BCUT2D eigenvalue weighted by molar-refractivity contribution is 4.78. The minimum atomic E-state index is -0.793. The summed E-state index contributed by atoms with van der Waals surface area (Å²) >= 11 is 0. The van der Waals surface area contributed by atoms with E-state index in [1.54, 1.807) is 6.92 Å². The highest BCUT2D eigenvalue weighted by atomic mass is 16.5. The molecule has 0 heterocycles. The minimum absolute atomic E-state index is 0.0918. The Morgan fingerprint density at radius 3 is 2.76 bits per heavy atom. The van der Waals surface area contributed by atoms with Crippen LogP contribution >= 0.6 is 0 Å². The Labute approximate surface area is 106 Å². The lowest BCUT2D eigenvalue weighted by molar-refractivity contribution is -0.0684. The zero-order chi connectivity index (χ0) is 12.9. The lowest BCUT2D eigenvalue weighted by atomic mass is 9.85. The number of hydrogen-bond acceptors (Lipinski definition) is 3. The van der Waals surface area contributed by atoms with Crippen LogP contribution in [0.1, 0.15) is 59.3 Å². The predicted molar refractivity (Wildman–Crippen MR) is 70.9 cm³/mol. The van der Waals surface area contributed by atoms with Crippen LogP contribution in [0.2, 0.25) is 0 Å². The maximum atomic E-state index is 9.92. The van der Waals surface area contributed by atoms with Crippen LogP contribution < -0.4 is 5.73 Å². The summed E-state index contributed by atoms with van der Waals surface area (Å²) in [6.45, 7) is 6.38. The molecule has 102 valence electrons. The zero-order valence-electron chi connectivity index (χ0n) is 11.6. The Morgan fingerprint density at radius 1 is 1.47 bits per heavy atom. The number of rotatable bonds is 6. The molecule has 1 saturated carbocycles. The number of ether oxygens (including phenoxy) is 1. The van der Waals surface area contributed by atoms with Crippen LogP contribution in [0.15, 0.2) is 0 Å². The van der Waals surface area contributed by atoms with E-state index < -0.39 is 5.60 Å². The summed E-state index contributed by atoms with van der Waals surface area (Å²) in [5.41, 5.74) is 4.73. The molecule has 1 aliphatic rings. The first-order chi connectivity index (χ1) is 7.96. The molecule has 3 N–H and O–H groups in total. The first-order valence-electron chi connectivity index (χ1n) is 7.04. The first kappa shape index (κ1) is 14.9. The van der Waals surface area contributed by atoms with Crippen molar-refractivity contribution in [2.45, 2.75) is 77.1 Å². The van der Waals surface area contributed by atoms with E-state index in [0.29, 0.717) is 19.1 Å². The van der Waals surface area contributed by atoms with Gasteiger partial charge in [-0.2, -0.15) is 0 Å². The summed E-state index contributed by atoms with van der Waals surface area (Å²) in [5.74, 6) is 0.830. The fourth-order valence-corrected chi connectivity index (χ4v) is 2.82. The van der Waals surface area contributed by atoms with Crippen molar-refractivity contribution in [1.29, 1.82) is 0 Å². The third-order valence-corrected chi connectivity index (χ3v) is 3.90. The van der Waals surface area contributed by atoms with E-state index in [2.05, 4.69) is 6.92 Å². The van der Waals surface area contributed by atoms with Crippen LogP contribution in [0.25, 0.3) is 0 Å².